The van der Waals surface area contributed by atoms with Crippen LogP contribution in [0.1, 0.15) is 0 Å². The molecular weight excluding hydrogens is 258 g/mol. The number of thiophene rings is 1. The van der Waals surface area contributed by atoms with Crippen LogP contribution in [-0.4, -0.2) is 34.1 Å². The van der Waals surface area contributed by atoms with Crippen molar-refractivity contribution in [3.8, 4) is 0 Å². The SMILES string of the molecule is COCC(Cl)CNS(=O)(=O)c1cccs1. The number of alkyl halides is 1. The van der Waals surface area contributed by atoms with Crippen molar-refractivity contribution in [1.29, 1.82) is 0 Å². The average Bonchev–Trinajstić information content (AvgIpc) is 2.69. The predicted molar refractivity (Wildman–Crippen MR) is 61.0 cm³/mol. The van der Waals surface area contributed by atoms with Crippen molar-refractivity contribution in [1.82, 2.24) is 4.72 Å². The van der Waals surface area contributed by atoms with Gasteiger partial charge in [-0.2, -0.15) is 0 Å². The monoisotopic (exact) mass is 269 g/mol. The Morgan fingerprint density at radius 2 is 2.40 bits per heavy atom. The minimum atomic E-state index is -3.40. The van der Waals surface area contributed by atoms with Gasteiger partial charge in [0.2, 0.25) is 10.0 Å². The molecule has 0 aliphatic rings. The summed E-state index contributed by atoms with van der Waals surface area (Å²) in [6.45, 7) is 0.476. The van der Waals surface area contributed by atoms with Gasteiger partial charge in [0, 0.05) is 13.7 Å². The van der Waals surface area contributed by atoms with Crippen LogP contribution >= 0.6 is 22.9 Å². The molecule has 86 valence electrons. The van der Waals surface area contributed by atoms with Crippen LogP contribution in [0.25, 0.3) is 0 Å². The zero-order valence-electron chi connectivity index (χ0n) is 8.14. The van der Waals surface area contributed by atoms with Crippen LogP contribution < -0.4 is 4.72 Å². The maximum atomic E-state index is 11.6. The Labute approximate surface area is 98.3 Å². The number of sulfonamides is 1. The van der Waals surface area contributed by atoms with E-state index in [0.717, 1.165) is 0 Å². The van der Waals surface area contributed by atoms with Crippen LogP contribution in [-0.2, 0) is 14.8 Å². The minimum absolute atomic E-state index is 0.162. The second-order valence-corrected chi connectivity index (χ2v) is 6.40. The molecule has 4 nitrogen and oxygen atoms in total. The van der Waals surface area contributed by atoms with Gasteiger partial charge in [0.25, 0.3) is 0 Å². The molecule has 0 aliphatic carbocycles. The van der Waals surface area contributed by atoms with E-state index in [1.54, 1.807) is 17.5 Å². The average molecular weight is 270 g/mol. The highest BCUT2D eigenvalue weighted by Gasteiger charge is 2.16. The third-order valence-corrected chi connectivity index (χ3v) is 4.70. The first-order valence-electron chi connectivity index (χ1n) is 4.22. The van der Waals surface area contributed by atoms with Gasteiger partial charge in [-0.05, 0) is 11.4 Å². The summed E-state index contributed by atoms with van der Waals surface area (Å²) in [4.78, 5) is 0. The highest BCUT2D eigenvalue weighted by Crippen LogP contribution is 2.15. The third kappa shape index (κ3) is 4.08. The molecule has 0 bridgehead atoms. The second-order valence-electron chi connectivity index (χ2n) is 2.84. The lowest BCUT2D eigenvalue weighted by Crippen LogP contribution is -2.31. The van der Waals surface area contributed by atoms with Gasteiger partial charge in [-0.15, -0.1) is 22.9 Å². The smallest absolute Gasteiger partial charge is 0.250 e. The van der Waals surface area contributed by atoms with Gasteiger partial charge in [0.05, 0.1) is 12.0 Å². The number of methoxy groups -OCH3 is 1. The zero-order chi connectivity index (χ0) is 11.3. The molecule has 0 saturated carbocycles. The van der Waals surface area contributed by atoms with E-state index in [9.17, 15) is 8.42 Å². The number of ether oxygens (including phenoxy) is 1. The molecule has 0 saturated heterocycles. The fourth-order valence-corrected chi connectivity index (χ4v) is 3.34. The molecular formula is C8H12ClNO3S2. The van der Waals surface area contributed by atoms with Gasteiger partial charge in [-0.25, -0.2) is 13.1 Å². The Morgan fingerprint density at radius 1 is 1.67 bits per heavy atom. The molecule has 1 heterocycles. The largest absolute Gasteiger partial charge is 0.383 e. The van der Waals surface area contributed by atoms with E-state index in [1.807, 2.05) is 0 Å². The predicted octanol–water partition coefficient (Wildman–Crippen LogP) is 1.28. The van der Waals surface area contributed by atoms with E-state index in [4.69, 9.17) is 16.3 Å². The first-order valence-corrected chi connectivity index (χ1v) is 7.02. The van der Waals surface area contributed by atoms with Gasteiger partial charge in [-0.1, -0.05) is 6.07 Å². The van der Waals surface area contributed by atoms with E-state index >= 15 is 0 Å². The lowest BCUT2D eigenvalue weighted by atomic mass is 10.5. The summed E-state index contributed by atoms with van der Waals surface area (Å²) in [7, 11) is -1.88. The number of hydrogen-bond donors (Lipinski definition) is 1. The van der Waals surface area contributed by atoms with Crippen molar-refractivity contribution >= 4 is 33.0 Å². The first kappa shape index (κ1) is 12.9. The van der Waals surface area contributed by atoms with Gasteiger partial charge in [0.15, 0.2) is 0 Å². The highest BCUT2D eigenvalue weighted by atomic mass is 35.5. The van der Waals surface area contributed by atoms with E-state index < -0.39 is 10.0 Å². The van der Waals surface area contributed by atoms with Crippen molar-refractivity contribution in [2.24, 2.45) is 0 Å². The van der Waals surface area contributed by atoms with Crippen LogP contribution in [0.3, 0.4) is 0 Å². The van der Waals surface area contributed by atoms with Crippen molar-refractivity contribution in [2.45, 2.75) is 9.59 Å². The van der Waals surface area contributed by atoms with Crippen LogP contribution in [0, 0.1) is 0 Å². The van der Waals surface area contributed by atoms with Crippen molar-refractivity contribution in [3.05, 3.63) is 17.5 Å². The maximum absolute atomic E-state index is 11.6. The molecule has 1 atom stereocenters. The fourth-order valence-electron chi connectivity index (χ4n) is 0.927. The van der Waals surface area contributed by atoms with E-state index in [2.05, 4.69) is 4.72 Å². The second kappa shape index (κ2) is 5.81. The summed E-state index contributed by atoms with van der Waals surface area (Å²) in [6.07, 6.45) is 0. The fraction of sp³-hybridized carbons (Fsp3) is 0.500. The van der Waals surface area contributed by atoms with Crippen LogP contribution in [0.5, 0.6) is 0 Å². The van der Waals surface area contributed by atoms with E-state index in [1.165, 1.54) is 18.4 Å². The Bertz CT molecular complexity index is 377. The minimum Gasteiger partial charge on any atom is -0.383 e. The van der Waals surface area contributed by atoms with E-state index in [0.29, 0.717) is 10.8 Å². The van der Waals surface area contributed by atoms with Crippen LogP contribution in [0.15, 0.2) is 21.7 Å². The normalized spacial score (nSPS) is 14.0. The van der Waals surface area contributed by atoms with Crippen LogP contribution in [0.4, 0.5) is 0 Å². The quantitative estimate of drug-likeness (QED) is 0.792. The molecule has 0 spiro atoms. The number of nitrogens with one attached hydrogen (secondary N) is 1. The molecule has 0 fully saturated rings. The molecule has 0 aliphatic heterocycles. The maximum Gasteiger partial charge on any atom is 0.250 e. The van der Waals surface area contributed by atoms with Gasteiger partial charge in [0.1, 0.15) is 4.21 Å². The Morgan fingerprint density at radius 3 is 2.93 bits per heavy atom. The lowest BCUT2D eigenvalue weighted by Gasteiger charge is -2.09. The topological polar surface area (TPSA) is 55.4 Å². The van der Waals surface area contributed by atoms with Gasteiger partial charge < -0.3 is 4.74 Å². The number of rotatable bonds is 6. The molecule has 0 aromatic carbocycles. The van der Waals surface area contributed by atoms with Gasteiger partial charge >= 0.3 is 0 Å². The molecule has 0 radical (unpaired) electrons. The molecule has 1 aromatic heterocycles. The van der Waals surface area contributed by atoms with Crippen molar-refractivity contribution in [2.75, 3.05) is 20.3 Å². The van der Waals surface area contributed by atoms with Crippen LogP contribution in [0.2, 0.25) is 0 Å². The number of hydrogen-bond acceptors (Lipinski definition) is 4. The molecule has 1 rings (SSSR count). The first-order chi connectivity index (χ1) is 7.06. The zero-order valence-corrected chi connectivity index (χ0v) is 10.5. The third-order valence-electron chi connectivity index (χ3n) is 1.60. The summed E-state index contributed by atoms with van der Waals surface area (Å²) in [5, 5.41) is 1.35. The summed E-state index contributed by atoms with van der Waals surface area (Å²) in [5.41, 5.74) is 0. The Balaban J connectivity index is 2.52. The van der Waals surface area contributed by atoms with Crippen molar-refractivity contribution < 1.29 is 13.2 Å². The molecule has 15 heavy (non-hydrogen) atoms. The molecule has 1 aromatic rings. The lowest BCUT2D eigenvalue weighted by molar-refractivity contribution is 0.198. The summed E-state index contributed by atoms with van der Waals surface area (Å²) in [6, 6.07) is 3.24. The summed E-state index contributed by atoms with van der Waals surface area (Å²) >= 11 is 6.97. The molecule has 0 amide bonds. The van der Waals surface area contributed by atoms with E-state index in [-0.39, 0.29) is 11.9 Å². The molecule has 1 N–H and O–H groups in total. The Kier molecular flexibility index (Phi) is 5.01. The molecule has 1 unspecified atom stereocenters. The van der Waals surface area contributed by atoms with Gasteiger partial charge in [-0.3, -0.25) is 0 Å². The van der Waals surface area contributed by atoms with Crippen molar-refractivity contribution in [3.63, 3.8) is 0 Å². The Hall–Kier alpha value is -0.140. The summed E-state index contributed by atoms with van der Waals surface area (Å²) in [5.74, 6) is 0. The molecule has 7 heteroatoms. The standard InChI is InChI=1S/C8H12ClNO3S2/c1-13-6-7(9)5-10-15(11,12)8-3-2-4-14-8/h2-4,7,10H,5-6H2,1H3. The highest BCUT2D eigenvalue weighted by molar-refractivity contribution is 7.91. The number of halogens is 1. The summed E-state index contributed by atoms with van der Waals surface area (Å²) < 4.78 is 30.7.